The number of rotatable bonds is 15. The fourth-order valence-electron chi connectivity index (χ4n) is 4.89. The van der Waals surface area contributed by atoms with E-state index in [-0.39, 0.29) is 36.1 Å². The molecule has 3 heterocycles. The number of aliphatic hydroxyl groups excluding tert-OH is 1. The van der Waals surface area contributed by atoms with Crippen molar-refractivity contribution in [3.8, 4) is 5.75 Å². The highest BCUT2D eigenvalue weighted by Gasteiger charge is 2.43. The topological polar surface area (TPSA) is 308 Å². The number of anilines is 1. The molecule has 0 radical (unpaired) electrons. The molecule has 47 heavy (non-hydrogen) atoms. The van der Waals surface area contributed by atoms with E-state index in [1.54, 1.807) is 18.3 Å². The largest absolute Gasteiger partial charge is 0.497 e. The molecule has 0 bridgehead atoms. The van der Waals surface area contributed by atoms with E-state index in [0.29, 0.717) is 22.3 Å². The minimum atomic E-state index is -5.74. The molecular formula is C23H32N5O16P3. The molecule has 1 aromatic carbocycles. The lowest BCUT2D eigenvalue weighted by Gasteiger charge is -2.22. The molecule has 260 valence electrons. The number of ether oxygens (including phenoxy) is 3. The van der Waals surface area contributed by atoms with Crippen LogP contribution in [0.3, 0.4) is 0 Å². The van der Waals surface area contributed by atoms with Gasteiger partial charge in [0.05, 0.1) is 54.5 Å². The van der Waals surface area contributed by atoms with E-state index in [2.05, 4.69) is 23.1 Å². The maximum Gasteiger partial charge on any atom is 0.490 e. The van der Waals surface area contributed by atoms with E-state index in [1.807, 2.05) is 13.8 Å². The fraction of sp³-hybridized carbons (Fsp3) is 0.478. The number of aromatic nitrogens is 3. The van der Waals surface area contributed by atoms with Crippen molar-refractivity contribution in [3.63, 3.8) is 0 Å². The average Bonchev–Trinajstić information content (AvgIpc) is 3.50. The molecule has 0 saturated carbocycles. The zero-order valence-corrected chi connectivity index (χ0v) is 27.5. The Morgan fingerprint density at radius 1 is 1.15 bits per heavy atom. The molecule has 0 amide bonds. The van der Waals surface area contributed by atoms with Gasteiger partial charge in [-0.2, -0.15) is 8.62 Å². The first-order valence-corrected chi connectivity index (χ1v) is 18.0. The molecule has 1 saturated heterocycles. The standard InChI is InChI=1S/C23H32N5O16P3/c1-12(2)21(15-5-4-14(39-3)6-16(15)28(30)31)40-9-13-8-27(23-20(13)22(24)25-11-26-23)19-7-17(29)18(42-19)10-41-46(35,36)44-47(37,38)43-45(32,33)34/h4-6,8,11-12,17-19,21,29H,7,9-10H2,1-3H3,(H,35,36)(H,37,38)(H2,24,25,26)(H2,32,33,34)/t17-,18+,19+,21+/m0/s1. The normalized spacial score (nSPS) is 21.9. The quantitative estimate of drug-likeness (QED) is 0.0744. The molecule has 21 nitrogen and oxygen atoms in total. The number of benzene rings is 1. The van der Waals surface area contributed by atoms with Crippen molar-refractivity contribution < 1.29 is 70.7 Å². The van der Waals surface area contributed by atoms with Crippen molar-refractivity contribution in [2.45, 2.75) is 51.4 Å². The molecule has 2 aromatic heterocycles. The third kappa shape index (κ3) is 9.18. The van der Waals surface area contributed by atoms with Crippen molar-refractivity contribution in [1.29, 1.82) is 0 Å². The molecule has 0 spiro atoms. The number of hydrogen-bond acceptors (Lipinski definition) is 15. The minimum absolute atomic E-state index is 0.0756. The molecular weight excluding hydrogens is 695 g/mol. The Hall–Kier alpha value is -2.87. The number of hydrogen-bond donors (Lipinski definition) is 6. The molecule has 7 N–H and O–H groups in total. The van der Waals surface area contributed by atoms with Crippen LogP contribution >= 0.6 is 23.5 Å². The number of nitrogens with two attached hydrogens (primary N) is 1. The van der Waals surface area contributed by atoms with Crippen LogP contribution in [0.5, 0.6) is 5.75 Å². The van der Waals surface area contributed by atoms with E-state index < -0.39 is 59.5 Å². The Balaban J connectivity index is 1.54. The van der Waals surface area contributed by atoms with Crippen LogP contribution in [0.2, 0.25) is 0 Å². The number of phosphoric ester groups is 1. The van der Waals surface area contributed by atoms with Crippen molar-refractivity contribution in [2.24, 2.45) is 5.92 Å². The van der Waals surface area contributed by atoms with E-state index in [0.717, 1.165) is 0 Å². The monoisotopic (exact) mass is 727 g/mol. The van der Waals surface area contributed by atoms with E-state index in [9.17, 15) is 38.7 Å². The molecule has 2 unspecified atom stereocenters. The molecule has 24 heteroatoms. The predicted molar refractivity (Wildman–Crippen MR) is 158 cm³/mol. The highest BCUT2D eigenvalue weighted by molar-refractivity contribution is 7.66. The van der Waals surface area contributed by atoms with Crippen LogP contribution in [0.1, 0.15) is 43.7 Å². The smallest absolute Gasteiger partial charge is 0.490 e. The summed E-state index contributed by atoms with van der Waals surface area (Å²) in [6.45, 7) is 2.67. The predicted octanol–water partition coefficient (Wildman–Crippen LogP) is 2.84. The number of fused-ring (bicyclic) bond motifs is 1. The molecule has 1 fully saturated rings. The van der Waals surface area contributed by atoms with Crippen LogP contribution in [0.15, 0.2) is 30.7 Å². The first-order chi connectivity index (χ1) is 21.8. The maximum absolute atomic E-state index is 12.1. The summed E-state index contributed by atoms with van der Waals surface area (Å²) in [6, 6.07) is 4.44. The maximum atomic E-state index is 12.1. The van der Waals surface area contributed by atoms with Crippen LogP contribution < -0.4 is 10.5 Å². The molecule has 0 aliphatic carbocycles. The summed E-state index contributed by atoms with van der Waals surface area (Å²) >= 11 is 0. The number of nitro benzene ring substituents is 1. The number of nitrogens with zero attached hydrogens (tertiary/aromatic N) is 4. The van der Waals surface area contributed by atoms with E-state index in [4.69, 9.17) is 29.7 Å². The Bertz CT molecular complexity index is 1770. The summed E-state index contributed by atoms with van der Waals surface area (Å²) in [5.74, 6) is 0.161. The van der Waals surface area contributed by atoms with Gasteiger partial charge in [-0.3, -0.25) is 14.6 Å². The summed E-state index contributed by atoms with van der Waals surface area (Å²) in [6.07, 6.45) is -1.67. The Morgan fingerprint density at radius 2 is 1.85 bits per heavy atom. The fourth-order valence-corrected chi connectivity index (χ4v) is 7.92. The van der Waals surface area contributed by atoms with Gasteiger partial charge in [0.1, 0.15) is 35.9 Å². The second kappa shape index (κ2) is 14.3. The molecule has 4 rings (SSSR count). The highest BCUT2D eigenvalue weighted by atomic mass is 31.3. The Morgan fingerprint density at radius 3 is 2.47 bits per heavy atom. The molecule has 3 aromatic rings. The lowest BCUT2D eigenvalue weighted by Crippen LogP contribution is -2.26. The minimum Gasteiger partial charge on any atom is -0.497 e. The zero-order chi connectivity index (χ0) is 34.9. The summed E-state index contributed by atoms with van der Waals surface area (Å²) in [5.41, 5.74) is 7.03. The lowest BCUT2D eigenvalue weighted by atomic mass is 9.97. The number of aliphatic hydroxyl groups is 1. The Labute approximate surface area is 265 Å². The van der Waals surface area contributed by atoms with Crippen LogP contribution in [0, 0.1) is 16.0 Å². The summed E-state index contributed by atoms with van der Waals surface area (Å²) in [7, 11) is -15.4. The van der Waals surface area contributed by atoms with Crippen LogP contribution in [0.4, 0.5) is 11.5 Å². The van der Waals surface area contributed by atoms with Crippen molar-refractivity contribution in [2.75, 3.05) is 19.5 Å². The number of nitro groups is 1. The second-order valence-electron chi connectivity index (χ2n) is 10.5. The van der Waals surface area contributed by atoms with Crippen molar-refractivity contribution in [1.82, 2.24) is 14.5 Å². The zero-order valence-electron chi connectivity index (χ0n) is 24.8. The van der Waals surface area contributed by atoms with Gasteiger partial charge >= 0.3 is 23.5 Å². The molecule has 1 aliphatic rings. The average molecular weight is 727 g/mol. The molecule has 1 aliphatic heterocycles. The van der Waals surface area contributed by atoms with Crippen molar-refractivity contribution in [3.05, 3.63) is 52.0 Å². The van der Waals surface area contributed by atoms with Crippen LogP contribution in [0.25, 0.3) is 11.0 Å². The van der Waals surface area contributed by atoms with E-state index >= 15 is 0 Å². The third-order valence-electron chi connectivity index (χ3n) is 6.81. The second-order valence-corrected chi connectivity index (χ2v) is 14.9. The van der Waals surface area contributed by atoms with Gasteiger partial charge in [0.2, 0.25) is 0 Å². The van der Waals surface area contributed by atoms with Gasteiger partial charge < -0.3 is 49.2 Å². The number of methoxy groups -OCH3 is 1. The van der Waals surface area contributed by atoms with Crippen molar-refractivity contribution >= 4 is 46.0 Å². The van der Waals surface area contributed by atoms with Crippen LogP contribution in [-0.4, -0.2) is 70.1 Å². The van der Waals surface area contributed by atoms with Gasteiger partial charge in [0.15, 0.2) is 0 Å². The lowest BCUT2D eigenvalue weighted by molar-refractivity contribution is -0.386. The third-order valence-corrected chi connectivity index (χ3v) is 10.6. The van der Waals surface area contributed by atoms with E-state index in [1.165, 1.54) is 24.1 Å². The number of nitrogen functional groups attached to an aromatic ring is 1. The van der Waals surface area contributed by atoms with Gasteiger partial charge in [-0.1, -0.05) is 13.8 Å². The van der Waals surface area contributed by atoms with Gasteiger partial charge in [0.25, 0.3) is 5.69 Å². The SMILES string of the molecule is COc1ccc([C@H](OCc2cn([C@H]3C[C@H](O)[C@@H](COP(=O)(O)OP(=O)(O)OP(=O)(O)O)O3)c3ncnc(N)c23)C(C)C)c([N+](=O)[O-])c1. The summed E-state index contributed by atoms with van der Waals surface area (Å²) < 4.78 is 65.2. The van der Waals surface area contributed by atoms with Crippen LogP contribution in [-0.2, 0) is 42.9 Å². The number of phosphoric acid groups is 3. The first-order valence-electron chi connectivity index (χ1n) is 13.5. The Kier molecular flexibility index (Phi) is 11.3. The van der Waals surface area contributed by atoms with Gasteiger partial charge in [-0.25, -0.2) is 23.7 Å². The first kappa shape index (κ1) is 37.0. The van der Waals surface area contributed by atoms with Gasteiger partial charge in [-0.05, 0) is 18.1 Å². The summed E-state index contributed by atoms with van der Waals surface area (Å²) in [4.78, 5) is 56.0. The summed E-state index contributed by atoms with van der Waals surface area (Å²) in [5, 5.41) is 22.8. The molecule has 6 atom stereocenters. The highest BCUT2D eigenvalue weighted by Crippen LogP contribution is 2.66. The van der Waals surface area contributed by atoms with Gasteiger partial charge in [0, 0.05) is 18.2 Å². The van der Waals surface area contributed by atoms with Gasteiger partial charge in [-0.15, -0.1) is 0 Å².